The van der Waals surface area contributed by atoms with Gasteiger partial charge in [-0.2, -0.15) is 13.2 Å². The van der Waals surface area contributed by atoms with Crippen molar-refractivity contribution >= 4 is 17.4 Å². The number of aromatic nitrogens is 2. The standard InChI is InChI=1S/C20H16ClF3N2O2/c1-12-8-16(13(2)26(12)15-6-4-3-5-7-15)18(27)11-25-10-14(20(22,23)24)9-17(21)19(25)28/h3-10H,11H2,1-2H3. The normalized spacial score (nSPS) is 11.6. The lowest BCUT2D eigenvalue weighted by molar-refractivity contribution is -0.138. The Hall–Kier alpha value is -2.80. The molecule has 28 heavy (non-hydrogen) atoms. The molecule has 2 aromatic heterocycles. The molecule has 0 radical (unpaired) electrons. The fourth-order valence-corrected chi connectivity index (χ4v) is 3.36. The number of ketones is 1. The Morgan fingerprint density at radius 2 is 1.75 bits per heavy atom. The number of rotatable bonds is 4. The average molecular weight is 409 g/mol. The Balaban J connectivity index is 2.00. The van der Waals surface area contributed by atoms with E-state index in [0.29, 0.717) is 28.1 Å². The van der Waals surface area contributed by atoms with Crippen molar-refractivity contribution in [3.05, 3.63) is 86.6 Å². The maximum atomic E-state index is 13.0. The zero-order valence-corrected chi connectivity index (χ0v) is 15.8. The molecule has 8 heteroatoms. The van der Waals surface area contributed by atoms with E-state index in [-0.39, 0.29) is 0 Å². The largest absolute Gasteiger partial charge is 0.417 e. The number of hydrogen-bond donors (Lipinski definition) is 0. The summed E-state index contributed by atoms with van der Waals surface area (Å²) in [5, 5.41) is -0.586. The highest BCUT2D eigenvalue weighted by atomic mass is 35.5. The van der Waals surface area contributed by atoms with Crippen LogP contribution in [-0.2, 0) is 12.7 Å². The van der Waals surface area contributed by atoms with E-state index in [2.05, 4.69) is 0 Å². The molecule has 0 amide bonds. The summed E-state index contributed by atoms with van der Waals surface area (Å²) in [4.78, 5) is 24.9. The van der Waals surface area contributed by atoms with Gasteiger partial charge in [0.25, 0.3) is 5.56 Å². The van der Waals surface area contributed by atoms with E-state index in [9.17, 15) is 22.8 Å². The van der Waals surface area contributed by atoms with Gasteiger partial charge >= 0.3 is 6.18 Å². The van der Waals surface area contributed by atoms with Crippen LogP contribution >= 0.6 is 11.6 Å². The summed E-state index contributed by atoms with van der Waals surface area (Å²) in [6.45, 7) is 3.03. The van der Waals surface area contributed by atoms with Crippen molar-refractivity contribution in [2.24, 2.45) is 0 Å². The minimum absolute atomic E-state index is 0.335. The van der Waals surface area contributed by atoms with Crippen LogP contribution in [0.15, 0.2) is 53.5 Å². The van der Waals surface area contributed by atoms with Gasteiger partial charge in [-0.15, -0.1) is 0 Å². The third kappa shape index (κ3) is 3.75. The van der Waals surface area contributed by atoms with Crippen LogP contribution in [0.3, 0.4) is 0 Å². The SMILES string of the molecule is Cc1cc(C(=O)Cn2cc(C(F)(F)F)cc(Cl)c2=O)c(C)n1-c1ccccc1. The van der Waals surface area contributed by atoms with Crippen molar-refractivity contribution < 1.29 is 18.0 Å². The summed E-state index contributed by atoms with van der Waals surface area (Å²) in [6.07, 6.45) is -4.06. The summed E-state index contributed by atoms with van der Waals surface area (Å²) in [5.74, 6) is -0.479. The van der Waals surface area contributed by atoms with Crippen molar-refractivity contribution in [3.8, 4) is 5.69 Å². The molecule has 1 aromatic carbocycles. The van der Waals surface area contributed by atoms with Crippen LogP contribution in [0, 0.1) is 13.8 Å². The van der Waals surface area contributed by atoms with E-state index in [4.69, 9.17) is 11.6 Å². The second kappa shape index (κ2) is 7.31. The molecule has 0 aliphatic rings. The molecule has 0 N–H and O–H groups in total. The minimum Gasteiger partial charge on any atom is -0.318 e. The number of carbonyl (C=O) groups is 1. The lowest BCUT2D eigenvalue weighted by Crippen LogP contribution is -2.26. The van der Waals surface area contributed by atoms with Crippen LogP contribution in [0.4, 0.5) is 13.2 Å². The molecule has 0 atom stereocenters. The van der Waals surface area contributed by atoms with E-state index >= 15 is 0 Å². The number of Topliss-reactive ketones (excluding diaryl/α,β-unsaturated/α-hetero) is 1. The van der Waals surface area contributed by atoms with Crippen LogP contribution in [0.25, 0.3) is 5.69 Å². The van der Waals surface area contributed by atoms with Gasteiger partial charge in [0.05, 0.1) is 12.1 Å². The van der Waals surface area contributed by atoms with Crippen molar-refractivity contribution in [2.75, 3.05) is 0 Å². The third-order valence-corrected chi connectivity index (χ3v) is 4.70. The maximum Gasteiger partial charge on any atom is 0.417 e. The van der Waals surface area contributed by atoms with E-state index in [1.807, 2.05) is 41.8 Å². The van der Waals surface area contributed by atoms with Crippen LogP contribution in [0.5, 0.6) is 0 Å². The van der Waals surface area contributed by atoms with Gasteiger partial charge in [0.1, 0.15) is 5.02 Å². The number of benzene rings is 1. The first-order valence-electron chi connectivity index (χ1n) is 8.34. The Labute approximate surface area is 163 Å². The van der Waals surface area contributed by atoms with Gasteiger partial charge in [-0.3, -0.25) is 9.59 Å². The number of alkyl halides is 3. The van der Waals surface area contributed by atoms with E-state index < -0.39 is 34.6 Å². The molecule has 0 spiro atoms. The van der Waals surface area contributed by atoms with Crippen molar-refractivity contribution in [1.29, 1.82) is 0 Å². The topological polar surface area (TPSA) is 44.0 Å². The molecule has 0 saturated heterocycles. The molecular formula is C20H16ClF3N2O2. The van der Waals surface area contributed by atoms with E-state index in [1.165, 1.54) is 0 Å². The fraction of sp³-hybridized carbons (Fsp3) is 0.200. The summed E-state index contributed by atoms with van der Waals surface area (Å²) in [6, 6.07) is 11.6. The molecule has 4 nitrogen and oxygen atoms in total. The Kier molecular flexibility index (Phi) is 5.21. The number of hydrogen-bond acceptors (Lipinski definition) is 2. The van der Waals surface area contributed by atoms with Crippen LogP contribution in [0.2, 0.25) is 5.02 Å². The van der Waals surface area contributed by atoms with Crippen molar-refractivity contribution in [1.82, 2.24) is 9.13 Å². The molecule has 2 heterocycles. The molecule has 3 aromatic rings. The zero-order valence-electron chi connectivity index (χ0n) is 15.0. The fourth-order valence-electron chi connectivity index (χ4n) is 3.13. The number of nitrogens with zero attached hydrogens (tertiary/aromatic N) is 2. The molecule has 0 fully saturated rings. The third-order valence-electron chi connectivity index (χ3n) is 4.43. The minimum atomic E-state index is -4.68. The van der Waals surface area contributed by atoms with E-state index in [0.717, 1.165) is 11.4 Å². The quantitative estimate of drug-likeness (QED) is 0.581. The van der Waals surface area contributed by atoms with Gasteiger partial charge in [0.2, 0.25) is 0 Å². The zero-order chi connectivity index (χ0) is 20.6. The highest BCUT2D eigenvalue weighted by molar-refractivity contribution is 6.30. The number of pyridine rings is 1. The van der Waals surface area contributed by atoms with Gasteiger partial charge in [-0.1, -0.05) is 29.8 Å². The smallest absolute Gasteiger partial charge is 0.318 e. The summed E-state index contributed by atoms with van der Waals surface area (Å²) in [7, 11) is 0. The first-order chi connectivity index (χ1) is 13.1. The van der Waals surface area contributed by atoms with Crippen molar-refractivity contribution in [3.63, 3.8) is 0 Å². The van der Waals surface area contributed by atoms with Crippen LogP contribution < -0.4 is 5.56 Å². The average Bonchev–Trinajstić information content (AvgIpc) is 2.93. The molecular weight excluding hydrogens is 393 g/mol. The van der Waals surface area contributed by atoms with Gasteiger partial charge in [-0.05, 0) is 38.1 Å². The number of para-hydroxylation sites is 1. The highest BCUT2D eigenvalue weighted by Crippen LogP contribution is 2.30. The Morgan fingerprint density at radius 3 is 2.36 bits per heavy atom. The molecule has 146 valence electrons. The predicted octanol–water partition coefficient (Wildman–Crippen LogP) is 4.81. The predicted molar refractivity (Wildman–Crippen MR) is 100 cm³/mol. The van der Waals surface area contributed by atoms with Gasteiger partial charge in [-0.25, -0.2) is 0 Å². The monoisotopic (exact) mass is 408 g/mol. The second-order valence-electron chi connectivity index (χ2n) is 6.39. The first-order valence-corrected chi connectivity index (χ1v) is 8.72. The molecule has 0 aliphatic carbocycles. The first kappa shape index (κ1) is 19.9. The van der Waals surface area contributed by atoms with Gasteiger partial charge in [0, 0.05) is 28.8 Å². The Morgan fingerprint density at radius 1 is 1.11 bits per heavy atom. The molecule has 0 saturated carbocycles. The molecule has 3 rings (SSSR count). The van der Waals surface area contributed by atoms with Gasteiger partial charge < -0.3 is 9.13 Å². The molecule has 0 aliphatic heterocycles. The van der Waals surface area contributed by atoms with Crippen LogP contribution in [-0.4, -0.2) is 14.9 Å². The highest BCUT2D eigenvalue weighted by Gasteiger charge is 2.32. The molecule has 0 unspecified atom stereocenters. The molecule has 0 bridgehead atoms. The summed E-state index contributed by atoms with van der Waals surface area (Å²) >= 11 is 5.65. The number of halogens is 4. The number of carbonyl (C=O) groups excluding carboxylic acids is 1. The van der Waals surface area contributed by atoms with Crippen molar-refractivity contribution in [2.45, 2.75) is 26.6 Å². The van der Waals surface area contributed by atoms with E-state index in [1.54, 1.807) is 13.0 Å². The summed E-state index contributed by atoms with van der Waals surface area (Å²) in [5.41, 5.74) is 0.693. The number of aryl methyl sites for hydroxylation is 1. The lowest BCUT2D eigenvalue weighted by atomic mass is 10.1. The van der Waals surface area contributed by atoms with Gasteiger partial charge in [0.15, 0.2) is 5.78 Å². The van der Waals surface area contributed by atoms with Crippen LogP contribution in [0.1, 0.15) is 27.3 Å². The lowest BCUT2D eigenvalue weighted by Gasteiger charge is -2.12. The Bertz CT molecular complexity index is 1100. The second-order valence-corrected chi connectivity index (χ2v) is 6.79. The summed E-state index contributed by atoms with van der Waals surface area (Å²) < 4.78 is 41.5. The maximum absolute atomic E-state index is 13.0.